The average molecular weight is 199 g/mol. The fourth-order valence-corrected chi connectivity index (χ4v) is 2.01. The molecule has 0 saturated heterocycles. The van der Waals surface area contributed by atoms with Crippen molar-refractivity contribution in [2.24, 2.45) is 11.8 Å². The molecule has 0 heterocycles. The minimum absolute atomic E-state index is 0.0159. The average Bonchev–Trinajstić information content (AvgIpc) is 2.52. The van der Waals surface area contributed by atoms with Crippen LogP contribution in [-0.2, 0) is 9.59 Å². The van der Waals surface area contributed by atoms with E-state index >= 15 is 0 Å². The highest BCUT2D eigenvalue weighted by Crippen LogP contribution is 2.32. The Balaban J connectivity index is 2.16. The Labute approximate surface area is 83.7 Å². The van der Waals surface area contributed by atoms with E-state index < -0.39 is 5.97 Å². The predicted octanol–water partition coefficient (Wildman–Crippen LogP) is 1.01. The lowest BCUT2D eigenvalue weighted by Crippen LogP contribution is -2.22. The summed E-state index contributed by atoms with van der Waals surface area (Å²) in [5, 5.41) is 11.5. The Morgan fingerprint density at radius 2 is 2.14 bits per heavy atom. The number of carbonyl (C=O) groups excluding carboxylic acids is 1. The minimum Gasteiger partial charge on any atom is -0.481 e. The molecular weight excluding hydrogens is 182 g/mol. The van der Waals surface area contributed by atoms with Crippen LogP contribution in [0, 0.1) is 11.8 Å². The Morgan fingerprint density at radius 3 is 2.64 bits per heavy atom. The molecule has 1 saturated carbocycles. The van der Waals surface area contributed by atoms with Gasteiger partial charge in [-0.05, 0) is 31.6 Å². The maximum absolute atomic E-state index is 10.7. The molecule has 0 aliphatic heterocycles. The van der Waals surface area contributed by atoms with E-state index in [9.17, 15) is 9.59 Å². The maximum Gasteiger partial charge on any atom is 0.306 e. The van der Waals surface area contributed by atoms with Gasteiger partial charge < -0.3 is 10.4 Å². The summed E-state index contributed by atoms with van der Waals surface area (Å²) in [7, 11) is 0. The molecule has 4 heteroatoms. The van der Waals surface area contributed by atoms with Crippen LogP contribution in [0.3, 0.4) is 0 Å². The fraction of sp³-hybridized carbons (Fsp3) is 0.800. The van der Waals surface area contributed by atoms with Gasteiger partial charge in [-0.15, -0.1) is 0 Å². The number of nitrogens with one attached hydrogen (secondary N) is 1. The molecule has 1 fully saturated rings. The lowest BCUT2D eigenvalue weighted by molar-refractivity contribution is -0.141. The third kappa shape index (κ3) is 3.36. The number of carboxylic acids is 1. The van der Waals surface area contributed by atoms with Crippen molar-refractivity contribution in [3.8, 4) is 0 Å². The Bertz CT molecular complexity index is 227. The highest BCUT2D eigenvalue weighted by Gasteiger charge is 2.29. The van der Waals surface area contributed by atoms with Crippen LogP contribution in [0.5, 0.6) is 0 Å². The van der Waals surface area contributed by atoms with Gasteiger partial charge in [-0.25, -0.2) is 0 Å². The number of carbonyl (C=O) groups is 2. The van der Waals surface area contributed by atoms with Crippen molar-refractivity contribution in [2.75, 3.05) is 6.54 Å². The van der Waals surface area contributed by atoms with Crippen molar-refractivity contribution in [1.82, 2.24) is 5.32 Å². The standard InChI is InChI=1S/C10H17NO3/c1-7(12)11-5-4-8-2-3-9(6-8)10(13)14/h8-9H,2-6H2,1H3,(H,11,12)(H,13,14). The number of rotatable bonds is 4. The van der Waals surface area contributed by atoms with E-state index in [4.69, 9.17) is 5.11 Å². The SMILES string of the molecule is CC(=O)NCCC1CCC(C(=O)O)C1. The lowest BCUT2D eigenvalue weighted by atomic mass is 10.0. The van der Waals surface area contributed by atoms with Crippen LogP contribution in [-0.4, -0.2) is 23.5 Å². The maximum atomic E-state index is 10.7. The van der Waals surface area contributed by atoms with Crippen LogP contribution in [0.15, 0.2) is 0 Å². The van der Waals surface area contributed by atoms with E-state index in [1.165, 1.54) is 6.92 Å². The van der Waals surface area contributed by atoms with Crippen LogP contribution in [0.1, 0.15) is 32.6 Å². The summed E-state index contributed by atoms with van der Waals surface area (Å²) in [6.45, 7) is 2.17. The molecule has 0 bridgehead atoms. The molecule has 2 atom stereocenters. The number of hydrogen-bond donors (Lipinski definition) is 2. The molecule has 1 aliphatic rings. The molecular formula is C10H17NO3. The predicted molar refractivity (Wildman–Crippen MR) is 51.8 cm³/mol. The van der Waals surface area contributed by atoms with Gasteiger partial charge in [0, 0.05) is 13.5 Å². The summed E-state index contributed by atoms with van der Waals surface area (Å²) in [6, 6.07) is 0. The first-order chi connectivity index (χ1) is 6.59. The van der Waals surface area contributed by atoms with Gasteiger partial charge in [-0.1, -0.05) is 0 Å². The highest BCUT2D eigenvalue weighted by molar-refractivity contribution is 5.72. The van der Waals surface area contributed by atoms with Gasteiger partial charge >= 0.3 is 5.97 Å². The molecule has 0 aromatic rings. The summed E-state index contributed by atoms with van der Waals surface area (Å²) < 4.78 is 0. The van der Waals surface area contributed by atoms with Crippen molar-refractivity contribution >= 4 is 11.9 Å². The van der Waals surface area contributed by atoms with E-state index in [-0.39, 0.29) is 11.8 Å². The first-order valence-electron chi connectivity index (χ1n) is 5.07. The number of amides is 1. The largest absolute Gasteiger partial charge is 0.481 e. The summed E-state index contributed by atoms with van der Waals surface area (Å²) in [5.41, 5.74) is 0. The number of aliphatic carboxylic acids is 1. The molecule has 0 spiro atoms. The molecule has 14 heavy (non-hydrogen) atoms. The van der Waals surface area contributed by atoms with Crippen LogP contribution < -0.4 is 5.32 Å². The van der Waals surface area contributed by atoms with Gasteiger partial charge in [0.2, 0.25) is 5.91 Å². The first kappa shape index (κ1) is 11.0. The zero-order valence-corrected chi connectivity index (χ0v) is 8.45. The van der Waals surface area contributed by atoms with Crippen molar-refractivity contribution in [3.63, 3.8) is 0 Å². The molecule has 0 radical (unpaired) electrons. The second-order valence-electron chi connectivity index (χ2n) is 3.99. The zero-order valence-electron chi connectivity index (χ0n) is 8.45. The van der Waals surface area contributed by atoms with Crippen molar-refractivity contribution < 1.29 is 14.7 Å². The minimum atomic E-state index is -0.674. The topological polar surface area (TPSA) is 66.4 Å². The second-order valence-corrected chi connectivity index (χ2v) is 3.99. The summed E-state index contributed by atoms with van der Waals surface area (Å²) in [4.78, 5) is 21.2. The molecule has 2 unspecified atom stereocenters. The van der Waals surface area contributed by atoms with E-state index in [0.717, 1.165) is 25.7 Å². The second kappa shape index (κ2) is 4.98. The van der Waals surface area contributed by atoms with Crippen molar-refractivity contribution in [3.05, 3.63) is 0 Å². The molecule has 80 valence electrons. The number of hydrogen-bond acceptors (Lipinski definition) is 2. The van der Waals surface area contributed by atoms with E-state index in [1.54, 1.807) is 0 Å². The van der Waals surface area contributed by atoms with Crippen LogP contribution in [0.2, 0.25) is 0 Å². The Kier molecular flexibility index (Phi) is 3.92. The zero-order chi connectivity index (χ0) is 10.6. The molecule has 0 aromatic heterocycles. The quantitative estimate of drug-likeness (QED) is 0.710. The van der Waals surface area contributed by atoms with Gasteiger partial charge in [0.25, 0.3) is 0 Å². The molecule has 2 N–H and O–H groups in total. The highest BCUT2D eigenvalue weighted by atomic mass is 16.4. The summed E-state index contributed by atoms with van der Waals surface area (Å²) >= 11 is 0. The van der Waals surface area contributed by atoms with Gasteiger partial charge in [0.1, 0.15) is 0 Å². The lowest BCUT2D eigenvalue weighted by Gasteiger charge is -2.09. The van der Waals surface area contributed by atoms with E-state index in [2.05, 4.69) is 5.32 Å². The van der Waals surface area contributed by atoms with Gasteiger partial charge in [0.15, 0.2) is 0 Å². The normalized spacial score (nSPS) is 26.1. The summed E-state index contributed by atoms with van der Waals surface area (Å²) in [5.74, 6) is -0.370. The van der Waals surface area contributed by atoms with Gasteiger partial charge in [-0.3, -0.25) is 9.59 Å². The van der Waals surface area contributed by atoms with Gasteiger partial charge in [-0.2, -0.15) is 0 Å². The molecule has 4 nitrogen and oxygen atoms in total. The van der Waals surface area contributed by atoms with Crippen LogP contribution in [0.4, 0.5) is 0 Å². The van der Waals surface area contributed by atoms with Crippen molar-refractivity contribution in [1.29, 1.82) is 0 Å². The fourth-order valence-electron chi connectivity index (χ4n) is 2.01. The first-order valence-corrected chi connectivity index (χ1v) is 5.07. The monoisotopic (exact) mass is 199 g/mol. The smallest absolute Gasteiger partial charge is 0.306 e. The Hall–Kier alpha value is -1.06. The van der Waals surface area contributed by atoms with Gasteiger partial charge in [0.05, 0.1) is 5.92 Å². The molecule has 1 amide bonds. The summed E-state index contributed by atoms with van der Waals surface area (Å²) in [6.07, 6.45) is 3.45. The van der Waals surface area contributed by atoms with E-state index in [0.29, 0.717) is 12.5 Å². The molecule has 1 aliphatic carbocycles. The van der Waals surface area contributed by atoms with Crippen molar-refractivity contribution in [2.45, 2.75) is 32.6 Å². The van der Waals surface area contributed by atoms with E-state index in [1.807, 2.05) is 0 Å². The van der Waals surface area contributed by atoms with Crippen LogP contribution >= 0.6 is 0 Å². The molecule has 0 aromatic carbocycles. The van der Waals surface area contributed by atoms with Crippen LogP contribution in [0.25, 0.3) is 0 Å². The third-order valence-corrected chi connectivity index (χ3v) is 2.82. The Morgan fingerprint density at radius 1 is 1.43 bits per heavy atom. The third-order valence-electron chi connectivity index (χ3n) is 2.82. The number of carboxylic acid groups (broad SMARTS) is 1. The molecule has 1 rings (SSSR count).